The van der Waals surface area contributed by atoms with Crippen LogP contribution in [-0.2, 0) is 21.3 Å². The first kappa shape index (κ1) is 17.8. The first-order chi connectivity index (χ1) is 11.3. The Labute approximate surface area is 140 Å². The average molecular weight is 347 g/mol. The zero-order valence-electron chi connectivity index (χ0n) is 12.8. The van der Waals surface area contributed by atoms with Crippen LogP contribution in [0.15, 0.2) is 54.6 Å². The lowest BCUT2D eigenvalue weighted by molar-refractivity contribution is -0.120. The highest BCUT2D eigenvalue weighted by molar-refractivity contribution is 7.85. The molecule has 0 saturated heterocycles. The minimum absolute atomic E-state index is 0.0153. The van der Waals surface area contributed by atoms with Gasteiger partial charge in [0.15, 0.2) is 5.78 Å². The Balaban J connectivity index is 2.00. The smallest absolute Gasteiger partial charge is 0.266 e. The van der Waals surface area contributed by atoms with Crippen molar-refractivity contribution in [1.82, 2.24) is 5.32 Å². The van der Waals surface area contributed by atoms with Crippen molar-refractivity contribution in [1.29, 1.82) is 0 Å². The molecule has 2 aromatic carbocycles. The maximum atomic E-state index is 12.4. The highest BCUT2D eigenvalue weighted by Crippen LogP contribution is 2.12. The number of carbonyl (C=O) groups excluding carboxylic acids is 2. The van der Waals surface area contributed by atoms with Crippen LogP contribution < -0.4 is 5.32 Å². The molecule has 0 heterocycles. The van der Waals surface area contributed by atoms with Gasteiger partial charge in [-0.3, -0.25) is 14.1 Å². The number of hydrogen-bond donors (Lipinski definition) is 2. The normalized spacial score (nSPS) is 11.0. The van der Waals surface area contributed by atoms with E-state index in [1.165, 1.54) is 0 Å². The largest absolute Gasteiger partial charge is 0.355 e. The van der Waals surface area contributed by atoms with E-state index in [2.05, 4.69) is 5.32 Å². The molecule has 0 radical (unpaired) electrons. The molecule has 126 valence electrons. The molecule has 2 rings (SSSR count). The Morgan fingerprint density at radius 2 is 1.62 bits per heavy atom. The summed E-state index contributed by atoms with van der Waals surface area (Å²) in [6, 6.07) is 15.5. The van der Waals surface area contributed by atoms with Crippen LogP contribution in [-0.4, -0.2) is 37.0 Å². The Morgan fingerprint density at radius 3 is 2.29 bits per heavy atom. The molecule has 0 saturated carbocycles. The van der Waals surface area contributed by atoms with E-state index in [4.69, 9.17) is 4.55 Å². The van der Waals surface area contributed by atoms with Gasteiger partial charge in [0.2, 0.25) is 5.91 Å². The molecule has 2 N–H and O–H groups in total. The van der Waals surface area contributed by atoms with Crippen molar-refractivity contribution in [2.24, 2.45) is 0 Å². The second-order valence-electron chi connectivity index (χ2n) is 5.21. The Hall–Kier alpha value is -2.51. The first-order valence-electron chi connectivity index (χ1n) is 7.26. The van der Waals surface area contributed by atoms with E-state index < -0.39 is 15.9 Å². The van der Waals surface area contributed by atoms with Crippen LogP contribution in [0.5, 0.6) is 0 Å². The highest BCUT2D eigenvalue weighted by atomic mass is 32.2. The van der Waals surface area contributed by atoms with Gasteiger partial charge in [0.1, 0.15) is 0 Å². The van der Waals surface area contributed by atoms with Crippen molar-refractivity contribution in [2.45, 2.75) is 6.42 Å². The van der Waals surface area contributed by atoms with Gasteiger partial charge < -0.3 is 5.32 Å². The fraction of sp³-hybridized carbons (Fsp3) is 0.176. The van der Waals surface area contributed by atoms with Gasteiger partial charge in [-0.15, -0.1) is 0 Å². The molecule has 0 atom stereocenters. The molecular formula is C17H17NO5S. The van der Waals surface area contributed by atoms with Crippen LogP contribution in [0.2, 0.25) is 0 Å². The SMILES string of the molecule is O=C(Cc1cccc(C(=O)c2ccccc2)c1)NCCS(=O)(=O)O. The Morgan fingerprint density at radius 1 is 0.958 bits per heavy atom. The van der Waals surface area contributed by atoms with Gasteiger partial charge in [-0.25, -0.2) is 0 Å². The summed E-state index contributed by atoms with van der Waals surface area (Å²) in [5.74, 6) is -1.06. The summed E-state index contributed by atoms with van der Waals surface area (Å²) in [7, 11) is -4.10. The lowest BCUT2D eigenvalue weighted by Gasteiger charge is -2.06. The maximum absolute atomic E-state index is 12.4. The molecule has 7 heteroatoms. The van der Waals surface area contributed by atoms with E-state index in [-0.39, 0.29) is 24.7 Å². The van der Waals surface area contributed by atoms with E-state index in [0.717, 1.165) is 0 Å². The highest BCUT2D eigenvalue weighted by Gasteiger charge is 2.11. The predicted molar refractivity (Wildman–Crippen MR) is 89.4 cm³/mol. The third kappa shape index (κ3) is 5.60. The van der Waals surface area contributed by atoms with Crippen LogP contribution >= 0.6 is 0 Å². The second kappa shape index (κ2) is 7.85. The van der Waals surface area contributed by atoms with Gasteiger partial charge in [0.05, 0.1) is 12.2 Å². The zero-order valence-corrected chi connectivity index (χ0v) is 13.6. The van der Waals surface area contributed by atoms with Crippen LogP contribution in [0.4, 0.5) is 0 Å². The quantitative estimate of drug-likeness (QED) is 0.583. The van der Waals surface area contributed by atoms with Crippen LogP contribution in [0.1, 0.15) is 21.5 Å². The van der Waals surface area contributed by atoms with E-state index in [9.17, 15) is 18.0 Å². The van der Waals surface area contributed by atoms with Gasteiger partial charge in [-0.2, -0.15) is 8.42 Å². The Kier molecular flexibility index (Phi) is 5.83. The second-order valence-corrected chi connectivity index (χ2v) is 6.78. The third-order valence-corrected chi connectivity index (χ3v) is 3.99. The molecule has 0 spiro atoms. The zero-order chi connectivity index (χ0) is 17.6. The van der Waals surface area contributed by atoms with Crippen molar-refractivity contribution in [3.05, 3.63) is 71.3 Å². The molecule has 0 aliphatic heterocycles. The number of carbonyl (C=O) groups is 2. The third-order valence-electron chi connectivity index (χ3n) is 3.27. The number of benzene rings is 2. The summed E-state index contributed by atoms with van der Waals surface area (Å²) in [5, 5.41) is 2.41. The summed E-state index contributed by atoms with van der Waals surface area (Å²) in [6.45, 7) is -0.166. The molecule has 24 heavy (non-hydrogen) atoms. The van der Waals surface area contributed by atoms with E-state index in [1.54, 1.807) is 48.5 Å². The molecule has 0 fully saturated rings. The monoisotopic (exact) mass is 347 g/mol. The van der Waals surface area contributed by atoms with Crippen molar-refractivity contribution >= 4 is 21.8 Å². The minimum atomic E-state index is -4.10. The summed E-state index contributed by atoms with van der Waals surface area (Å²) in [5.41, 5.74) is 1.68. The molecule has 0 aliphatic carbocycles. The van der Waals surface area contributed by atoms with E-state index in [1.807, 2.05) is 6.07 Å². The average Bonchev–Trinajstić information content (AvgIpc) is 2.54. The van der Waals surface area contributed by atoms with Crippen LogP contribution in [0.3, 0.4) is 0 Å². The van der Waals surface area contributed by atoms with Gasteiger partial charge in [0, 0.05) is 17.7 Å². The standard InChI is InChI=1S/C17H17NO5S/c19-16(18-9-10-24(21,22)23)12-13-5-4-8-15(11-13)17(20)14-6-2-1-3-7-14/h1-8,11H,9-10,12H2,(H,18,19)(H,21,22,23). The number of hydrogen-bond acceptors (Lipinski definition) is 4. The minimum Gasteiger partial charge on any atom is -0.355 e. The van der Waals surface area contributed by atoms with Crippen LogP contribution in [0.25, 0.3) is 0 Å². The molecule has 0 aromatic heterocycles. The van der Waals surface area contributed by atoms with Crippen LogP contribution in [0, 0.1) is 0 Å². The summed E-state index contributed by atoms with van der Waals surface area (Å²) in [6.07, 6.45) is 0.0153. The molecule has 0 aliphatic rings. The number of nitrogens with one attached hydrogen (secondary N) is 1. The van der Waals surface area contributed by atoms with Crippen molar-refractivity contribution in [3.8, 4) is 0 Å². The topological polar surface area (TPSA) is 101 Å². The summed E-state index contributed by atoms with van der Waals surface area (Å²) < 4.78 is 29.8. The van der Waals surface area contributed by atoms with Gasteiger partial charge in [0.25, 0.3) is 10.1 Å². The fourth-order valence-electron chi connectivity index (χ4n) is 2.15. The number of amides is 1. The predicted octanol–water partition coefficient (Wildman–Crippen LogP) is 1.46. The Bertz CT molecular complexity index is 831. The maximum Gasteiger partial charge on any atom is 0.266 e. The van der Waals surface area contributed by atoms with Crippen molar-refractivity contribution in [2.75, 3.05) is 12.3 Å². The van der Waals surface area contributed by atoms with E-state index in [0.29, 0.717) is 16.7 Å². The molecule has 2 aromatic rings. The lowest BCUT2D eigenvalue weighted by atomic mass is 10.0. The van der Waals surface area contributed by atoms with Gasteiger partial charge in [-0.05, 0) is 11.6 Å². The summed E-state index contributed by atoms with van der Waals surface area (Å²) >= 11 is 0. The molecular weight excluding hydrogens is 330 g/mol. The summed E-state index contributed by atoms with van der Waals surface area (Å²) in [4.78, 5) is 24.1. The molecule has 1 amide bonds. The number of ketones is 1. The fourth-order valence-corrected chi connectivity index (χ4v) is 2.51. The molecule has 6 nitrogen and oxygen atoms in total. The van der Waals surface area contributed by atoms with E-state index >= 15 is 0 Å². The molecule has 0 bridgehead atoms. The van der Waals surface area contributed by atoms with Crippen molar-refractivity contribution < 1.29 is 22.6 Å². The van der Waals surface area contributed by atoms with Gasteiger partial charge in [-0.1, -0.05) is 48.5 Å². The number of rotatable bonds is 7. The van der Waals surface area contributed by atoms with Crippen molar-refractivity contribution in [3.63, 3.8) is 0 Å². The first-order valence-corrected chi connectivity index (χ1v) is 8.86. The lowest BCUT2D eigenvalue weighted by Crippen LogP contribution is -2.30. The van der Waals surface area contributed by atoms with Gasteiger partial charge >= 0.3 is 0 Å². The molecule has 0 unspecified atom stereocenters.